The second-order valence-electron chi connectivity index (χ2n) is 8.86. The number of rotatable bonds is 8. The zero-order valence-corrected chi connectivity index (χ0v) is 20.6. The van der Waals surface area contributed by atoms with E-state index >= 15 is 0 Å². The topological polar surface area (TPSA) is 110 Å². The van der Waals surface area contributed by atoms with Gasteiger partial charge in [-0.25, -0.2) is 0 Å². The quantitative estimate of drug-likeness (QED) is 0.557. The van der Waals surface area contributed by atoms with Crippen molar-refractivity contribution in [1.29, 1.82) is 0 Å². The summed E-state index contributed by atoms with van der Waals surface area (Å²) in [6.45, 7) is 2.28. The van der Waals surface area contributed by atoms with E-state index in [1.807, 2.05) is 9.91 Å². The molecule has 1 aromatic heterocycles. The van der Waals surface area contributed by atoms with Crippen LogP contribution in [0.3, 0.4) is 0 Å². The highest BCUT2D eigenvalue weighted by atomic mass is 16.5. The zero-order valence-electron chi connectivity index (χ0n) is 20.6. The molecule has 0 radical (unpaired) electrons. The third-order valence-corrected chi connectivity index (χ3v) is 6.66. The highest BCUT2D eigenvalue weighted by Gasteiger charge is 2.30. The molecule has 4 rings (SSSR count). The monoisotopic (exact) mass is 488 g/mol. The van der Waals surface area contributed by atoms with Gasteiger partial charge in [0, 0.05) is 19.0 Å². The van der Waals surface area contributed by atoms with E-state index in [1.54, 1.807) is 44.4 Å². The van der Waals surface area contributed by atoms with Crippen LogP contribution in [-0.2, 0) is 16.0 Å². The molecule has 11 heteroatoms. The lowest BCUT2D eigenvalue weighted by atomic mass is 9.89. The second kappa shape index (κ2) is 11.3. The number of benzene rings is 1. The average Bonchev–Trinajstić information content (AvgIpc) is 3.37. The van der Waals surface area contributed by atoms with Crippen LogP contribution in [0.15, 0.2) is 22.9 Å². The lowest BCUT2D eigenvalue weighted by Crippen LogP contribution is -2.66. The fourth-order valence-electron chi connectivity index (χ4n) is 4.69. The Hall–Kier alpha value is -3.50. The molecule has 35 heavy (non-hydrogen) atoms. The molecule has 0 unspecified atom stereocenters. The van der Waals surface area contributed by atoms with Gasteiger partial charge >= 0.3 is 5.88 Å². The molecule has 2 aromatic rings. The molecule has 0 spiro atoms. The Labute approximate surface area is 204 Å². The van der Waals surface area contributed by atoms with Crippen molar-refractivity contribution in [3.05, 3.63) is 23.9 Å². The van der Waals surface area contributed by atoms with E-state index in [9.17, 15) is 9.59 Å². The summed E-state index contributed by atoms with van der Waals surface area (Å²) < 4.78 is 21.4. The average molecular weight is 489 g/mol. The standard InChI is InChI=1S/C24H33N5O6/c1-32-19-13-17(14-20(33-2)23(19)34-3)15-22(30)27-9-11-28(12-10-27)29-16-21(35-26-29)25-24(31)18-7-5-4-6-8-18/h13-14,16,18H,4-12,15H2,1-3H3/p+1. The highest BCUT2D eigenvalue weighted by Crippen LogP contribution is 2.38. The number of hydrogen-bond donors (Lipinski definition) is 1. The molecule has 0 bridgehead atoms. The van der Waals surface area contributed by atoms with Gasteiger partial charge in [-0.3, -0.25) is 19.4 Å². The number of aromatic nitrogens is 2. The number of methoxy groups -OCH3 is 3. The van der Waals surface area contributed by atoms with Crippen molar-refractivity contribution in [1.82, 2.24) is 10.2 Å². The maximum absolute atomic E-state index is 12.9. The molecule has 0 atom stereocenters. The molecule has 2 amide bonds. The number of carbonyl (C=O) groups is 2. The number of nitrogens with zero attached hydrogens (tertiary/aromatic N) is 4. The predicted molar refractivity (Wildman–Crippen MR) is 126 cm³/mol. The Bertz CT molecular complexity index is 1000. The minimum atomic E-state index is -0.00444. The Morgan fingerprint density at radius 1 is 1.03 bits per heavy atom. The molecule has 1 aliphatic carbocycles. The van der Waals surface area contributed by atoms with Crippen molar-refractivity contribution in [3.8, 4) is 17.2 Å². The number of anilines is 1. The summed E-state index contributed by atoms with van der Waals surface area (Å²) >= 11 is 0. The van der Waals surface area contributed by atoms with E-state index in [0.717, 1.165) is 31.2 Å². The maximum atomic E-state index is 12.9. The van der Waals surface area contributed by atoms with Gasteiger partial charge in [0.1, 0.15) is 0 Å². The minimum Gasteiger partial charge on any atom is -0.493 e. The van der Waals surface area contributed by atoms with Crippen molar-refractivity contribution in [2.75, 3.05) is 57.8 Å². The van der Waals surface area contributed by atoms with Gasteiger partial charge in [-0.1, -0.05) is 19.3 Å². The Balaban J connectivity index is 1.30. The van der Waals surface area contributed by atoms with Crippen LogP contribution in [0.25, 0.3) is 0 Å². The summed E-state index contributed by atoms with van der Waals surface area (Å²) in [5.41, 5.74) is 0.788. The normalized spacial score (nSPS) is 16.7. The number of hydrogen-bond acceptors (Lipinski definition) is 8. The molecular formula is C24H34N5O6+. The molecule has 1 saturated carbocycles. The number of carbonyl (C=O) groups excluding carboxylic acids is 2. The van der Waals surface area contributed by atoms with Crippen molar-refractivity contribution in [3.63, 3.8) is 0 Å². The molecule has 1 N–H and O–H groups in total. The number of nitrogens with one attached hydrogen (secondary N) is 1. The smallest absolute Gasteiger partial charge is 0.305 e. The number of ether oxygens (including phenoxy) is 3. The molecule has 1 aliphatic heterocycles. The number of piperazine rings is 1. The van der Waals surface area contributed by atoms with Gasteiger partial charge in [0.15, 0.2) is 11.5 Å². The highest BCUT2D eigenvalue weighted by molar-refractivity contribution is 5.91. The first-order valence-corrected chi connectivity index (χ1v) is 12.0. The van der Waals surface area contributed by atoms with Crippen LogP contribution in [-0.4, -0.2) is 69.5 Å². The molecule has 1 aromatic carbocycles. The van der Waals surface area contributed by atoms with E-state index in [2.05, 4.69) is 10.6 Å². The van der Waals surface area contributed by atoms with E-state index < -0.39 is 0 Å². The largest absolute Gasteiger partial charge is 0.493 e. The Morgan fingerprint density at radius 2 is 1.69 bits per heavy atom. The van der Waals surface area contributed by atoms with E-state index in [1.165, 1.54) is 6.42 Å². The van der Waals surface area contributed by atoms with Crippen LogP contribution >= 0.6 is 0 Å². The molecule has 2 aliphatic rings. The van der Waals surface area contributed by atoms with Crippen LogP contribution in [0.4, 0.5) is 5.88 Å². The Morgan fingerprint density at radius 3 is 2.29 bits per heavy atom. The van der Waals surface area contributed by atoms with Crippen LogP contribution < -0.4 is 29.3 Å². The fourth-order valence-corrected chi connectivity index (χ4v) is 4.69. The van der Waals surface area contributed by atoms with Crippen LogP contribution in [0.1, 0.15) is 37.7 Å². The third-order valence-electron chi connectivity index (χ3n) is 6.66. The van der Waals surface area contributed by atoms with Gasteiger partial charge in [0.25, 0.3) is 6.20 Å². The van der Waals surface area contributed by atoms with E-state index in [-0.39, 0.29) is 24.2 Å². The van der Waals surface area contributed by atoms with Gasteiger partial charge in [0.05, 0.1) is 45.6 Å². The van der Waals surface area contributed by atoms with Crippen LogP contribution in [0.5, 0.6) is 17.2 Å². The maximum Gasteiger partial charge on any atom is 0.305 e. The third kappa shape index (κ3) is 5.77. The Kier molecular flexibility index (Phi) is 7.94. The summed E-state index contributed by atoms with van der Waals surface area (Å²) in [4.78, 5) is 28.8. The summed E-state index contributed by atoms with van der Waals surface area (Å²) in [7, 11) is 4.65. The van der Waals surface area contributed by atoms with Gasteiger partial charge in [0.2, 0.25) is 22.8 Å². The summed E-state index contributed by atoms with van der Waals surface area (Å²) in [6.07, 6.45) is 7.13. The summed E-state index contributed by atoms with van der Waals surface area (Å²) in [6, 6.07) is 3.59. The van der Waals surface area contributed by atoms with Crippen LogP contribution in [0, 0.1) is 5.92 Å². The zero-order chi connectivity index (χ0) is 24.8. The lowest BCUT2D eigenvalue weighted by molar-refractivity contribution is -0.759. The summed E-state index contributed by atoms with van der Waals surface area (Å²) in [5.74, 6) is 1.93. The summed E-state index contributed by atoms with van der Waals surface area (Å²) in [5, 5.41) is 8.86. The van der Waals surface area contributed by atoms with E-state index in [0.29, 0.717) is 49.3 Å². The van der Waals surface area contributed by atoms with Crippen molar-refractivity contribution in [2.24, 2.45) is 5.92 Å². The van der Waals surface area contributed by atoms with Crippen molar-refractivity contribution in [2.45, 2.75) is 38.5 Å². The minimum absolute atomic E-state index is 0.00444. The predicted octanol–water partition coefficient (Wildman–Crippen LogP) is 1.53. The van der Waals surface area contributed by atoms with Crippen molar-refractivity contribution < 1.29 is 33.1 Å². The van der Waals surface area contributed by atoms with Gasteiger partial charge in [-0.15, -0.1) is 5.01 Å². The first-order chi connectivity index (χ1) is 17.0. The second-order valence-corrected chi connectivity index (χ2v) is 8.86. The first kappa shape index (κ1) is 24.6. The fraction of sp³-hybridized carbons (Fsp3) is 0.583. The molecule has 2 fully saturated rings. The van der Waals surface area contributed by atoms with Gasteiger partial charge in [-0.05, 0) is 30.5 Å². The molecule has 2 heterocycles. The number of amides is 2. The van der Waals surface area contributed by atoms with Crippen LogP contribution in [0.2, 0.25) is 0 Å². The first-order valence-electron chi connectivity index (χ1n) is 12.0. The molecular weight excluding hydrogens is 454 g/mol. The SMILES string of the molecule is COc1cc(CC(=O)N2CCN([n+]3cc(NC(=O)C4CCCCC4)on3)CC2)cc(OC)c1OC. The molecule has 11 nitrogen and oxygen atoms in total. The molecule has 1 saturated heterocycles. The lowest BCUT2D eigenvalue weighted by Gasteiger charge is -2.30. The van der Waals surface area contributed by atoms with E-state index in [4.69, 9.17) is 18.7 Å². The van der Waals surface area contributed by atoms with Crippen molar-refractivity contribution >= 4 is 17.7 Å². The molecule has 190 valence electrons. The van der Waals surface area contributed by atoms with Gasteiger partial charge < -0.3 is 19.1 Å². The van der Waals surface area contributed by atoms with Gasteiger partial charge in [-0.2, -0.15) is 0 Å².